The summed E-state index contributed by atoms with van der Waals surface area (Å²) in [5.41, 5.74) is 9.13. The lowest BCUT2D eigenvalue weighted by Gasteiger charge is -2.09. The first-order valence-electron chi connectivity index (χ1n) is 7.87. The highest BCUT2D eigenvalue weighted by Crippen LogP contribution is 2.14. The van der Waals surface area contributed by atoms with Crippen LogP contribution in [0.1, 0.15) is 27.0 Å². The highest BCUT2D eigenvalue weighted by molar-refractivity contribution is 5.97. The van der Waals surface area contributed by atoms with E-state index in [1.165, 1.54) is 0 Å². The highest BCUT2D eigenvalue weighted by atomic mass is 16.2. The summed E-state index contributed by atoms with van der Waals surface area (Å²) in [5.74, 6) is -1.13. The molecular weight excluding hydrogens is 318 g/mol. The molecule has 0 heterocycles. The van der Waals surface area contributed by atoms with Crippen molar-refractivity contribution in [1.29, 1.82) is 0 Å². The maximum absolute atomic E-state index is 12.2. The summed E-state index contributed by atoms with van der Waals surface area (Å²) in [6, 6.07) is 12.4. The highest BCUT2D eigenvalue weighted by Gasteiger charge is 2.09. The zero-order valence-corrected chi connectivity index (χ0v) is 14.3. The van der Waals surface area contributed by atoms with Crippen molar-refractivity contribution in [2.45, 2.75) is 20.3 Å². The van der Waals surface area contributed by atoms with Gasteiger partial charge >= 0.3 is 0 Å². The number of amides is 3. The number of carbonyl (C=O) groups is 3. The van der Waals surface area contributed by atoms with Crippen molar-refractivity contribution in [2.75, 3.05) is 11.9 Å². The topological polar surface area (TPSA) is 101 Å². The molecule has 0 aliphatic rings. The predicted octanol–water partition coefficient (Wildman–Crippen LogP) is 1.70. The lowest BCUT2D eigenvalue weighted by Crippen LogP contribution is -2.33. The molecule has 0 aliphatic carbocycles. The van der Waals surface area contributed by atoms with Crippen LogP contribution >= 0.6 is 0 Å². The Morgan fingerprint density at radius 3 is 2.32 bits per heavy atom. The minimum absolute atomic E-state index is 0.125. The molecule has 0 aromatic heterocycles. The van der Waals surface area contributed by atoms with E-state index in [1.807, 2.05) is 32.0 Å². The molecule has 6 nitrogen and oxygen atoms in total. The summed E-state index contributed by atoms with van der Waals surface area (Å²) in [4.78, 5) is 34.7. The largest absolute Gasteiger partial charge is 0.368 e. The monoisotopic (exact) mass is 339 g/mol. The van der Waals surface area contributed by atoms with E-state index in [-0.39, 0.29) is 18.9 Å². The van der Waals surface area contributed by atoms with Gasteiger partial charge in [0.05, 0.1) is 13.0 Å². The van der Waals surface area contributed by atoms with Gasteiger partial charge in [-0.2, -0.15) is 0 Å². The lowest BCUT2D eigenvalue weighted by molar-refractivity contribution is -0.117. The van der Waals surface area contributed by atoms with Gasteiger partial charge in [0, 0.05) is 11.3 Å². The van der Waals surface area contributed by atoms with E-state index in [0.717, 1.165) is 16.7 Å². The van der Waals surface area contributed by atoms with Crippen molar-refractivity contribution in [3.8, 4) is 0 Å². The van der Waals surface area contributed by atoms with Crippen LogP contribution in [0.2, 0.25) is 0 Å². The standard InChI is InChI=1S/C19H21N3O3/c1-12-3-4-13(2)15(9-12)10-18(24)22-16-7-5-14(6-8-16)19(25)21-11-17(20)23/h3-9H,10-11H2,1-2H3,(H2,20,23)(H,21,25)(H,22,24). The van der Waals surface area contributed by atoms with E-state index < -0.39 is 11.8 Å². The normalized spacial score (nSPS) is 10.2. The molecule has 0 bridgehead atoms. The van der Waals surface area contributed by atoms with Crippen LogP contribution in [0.5, 0.6) is 0 Å². The fraction of sp³-hybridized carbons (Fsp3) is 0.211. The number of hydrogen-bond donors (Lipinski definition) is 3. The Balaban J connectivity index is 1.96. The number of nitrogens with two attached hydrogens (primary N) is 1. The van der Waals surface area contributed by atoms with E-state index >= 15 is 0 Å². The Labute approximate surface area is 146 Å². The molecule has 3 amide bonds. The first-order valence-corrected chi connectivity index (χ1v) is 7.87. The molecular formula is C19H21N3O3. The molecule has 0 saturated heterocycles. The molecule has 0 fully saturated rings. The zero-order valence-electron chi connectivity index (χ0n) is 14.3. The third-order valence-corrected chi connectivity index (χ3v) is 3.71. The van der Waals surface area contributed by atoms with E-state index in [4.69, 9.17) is 5.73 Å². The quantitative estimate of drug-likeness (QED) is 0.746. The Morgan fingerprint density at radius 1 is 1.00 bits per heavy atom. The Hall–Kier alpha value is -3.15. The Kier molecular flexibility index (Phi) is 5.89. The minimum Gasteiger partial charge on any atom is -0.368 e. The fourth-order valence-electron chi connectivity index (χ4n) is 2.34. The van der Waals surface area contributed by atoms with Gasteiger partial charge in [-0.1, -0.05) is 23.8 Å². The summed E-state index contributed by atoms with van der Waals surface area (Å²) in [6.45, 7) is 3.75. The van der Waals surface area contributed by atoms with Crippen LogP contribution in [0.25, 0.3) is 0 Å². The second-order valence-corrected chi connectivity index (χ2v) is 5.88. The van der Waals surface area contributed by atoms with E-state index in [2.05, 4.69) is 10.6 Å². The molecule has 0 unspecified atom stereocenters. The summed E-state index contributed by atoms with van der Waals surface area (Å²) in [7, 11) is 0. The summed E-state index contributed by atoms with van der Waals surface area (Å²) in [6.07, 6.45) is 0.286. The van der Waals surface area contributed by atoms with Crippen molar-refractivity contribution in [2.24, 2.45) is 5.73 Å². The van der Waals surface area contributed by atoms with Crippen molar-refractivity contribution in [1.82, 2.24) is 5.32 Å². The average molecular weight is 339 g/mol. The van der Waals surface area contributed by atoms with Crippen molar-refractivity contribution >= 4 is 23.4 Å². The molecule has 130 valence electrons. The Bertz CT molecular complexity index is 798. The maximum atomic E-state index is 12.2. The minimum atomic E-state index is -0.608. The summed E-state index contributed by atoms with van der Waals surface area (Å²) in [5, 5.41) is 5.21. The van der Waals surface area contributed by atoms with Gasteiger partial charge in [-0.25, -0.2) is 0 Å². The van der Waals surface area contributed by atoms with Crippen molar-refractivity contribution in [3.05, 3.63) is 64.7 Å². The fourth-order valence-corrected chi connectivity index (χ4v) is 2.34. The molecule has 6 heteroatoms. The van der Waals surface area contributed by atoms with Crippen LogP contribution in [-0.4, -0.2) is 24.3 Å². The molecule has 0 radical (unpaired) electrons. The number of aryl methyl sites for hydroxylation is 2. The third kappa shape index (κ3) is 5.46. The molecule has 2 aromatic rings. The van der Waals surface area contributed by atoms with Crippen LogP contribution < -0.4 is 16.4 Å². The smallest absolute Gasteiger partial charge is 0.251 e. The van der Waals surface area contributed by atoms with Gasteiger partial charge in [-0.3, -0.25) is 14.4 Å². The molecule has 0 atom stereocenters. The van der Waals surface area contributed by atoms with Gasteiger partial charge in [0.25, 0.3) is 5.91 Å². The summed E-state index contributed by atoms with van der Waals surface area (Å²) >= 11 is 0. The van der Waals surface area contributed by atoms with Crippen LogP contribution in [0, 0.1) is 13.8 Å². The average Bonchev–Trinajstić information content (AvgIpc) is 2.56. The maximum Gasteiger partial charge on any atom is 0.251 e. The van der Waals surface area contributed by atoms with E-state index in [0.29, 0.717) is 11.3 Å². The van der Waals surface area contributed by atoms with Gasteiger partial charge < -0.3 is 16.4 Å². The molecule has 4 N–H and O–H groups in total. The van der Waals surface area contributed by atoms with Gasteiger partial charge in [0.15, 0.2) is 0 Å². The summed E-state index contributed by atoms with van der Waals surface area (Å²) < 4.78 is 0. The first kappa shape index (κ1) is 18.2. The van der Waals surface area contributed by atoms with Crippen LogP contribution in [0.3, 0.4) is 0 Å². The Morgan fingerprint density at radius 2 is 1.68 bits per heavy atom. The van der Waals surface area contributed by atoms with Gasteiger partial charge in [-0.15, -0.1) is 0 Å². The zero-order chi connectivity index (χ0) is 18.4. The number of benzene rings is 2. The third-order valence-electron chi connectivity index (χ3n) is 3.71. The van der Waals surface area contributed by atoms with Crippen molar-refractivity contribution < 1.29 is 14.4 Å². The SMILES string of the molecule is Cc1ccc(C)c(CC(=O)Nc2ccc(C(=O)NCC(N)=O)cc2)c1. The number of nitrogens with one attached hydrogen (secondary N) is 2. The van der Waals surface area contributed by atoms with Gasteiger partial charge in [0.2, 0.25) is 11.8 Å². The van der Waals surface area contributed by atoms with Crippen LogP contribution in [0.15, 0.2) is 42.5 Å². The molecule has 0 aliphatic heterocycles. The van der Waals surface area contributed by atoms with Crippen molar-refractivity contribution in [3.63, 3.8) is 0 Å². The number of primary amides is 1. The number of anilines is 1. The number of rotatable bonds is 6. The molecule has 0 saturated carbocycles. The molecule has 2 aromatic carbocycles. The second kappa shape index (κ2) is 8.10. The second-order valence-electron chi connectivity index (χ2n) is 5.88. The van der Waals surface area contributed by atoms with Crippen LogP contribution in [-0.2, 0) is 16.0 Å². The van der Waals surface area contributed by atoms with Crippen LogP contribution in [0.4, 0.5) is 5.69 Å². The van der Waals surface area contributed by atoms with E-state index in [9.17, 15) is 14.4 Å². The van der Waals surface area contributed by atoms with Gasteiger partial charge in [0.1, 0.15) is 0 Å². The molecule has 0 spiro atoms. The van der Waals surface area contributed by atoms with Gasteiger partial charge in [-0.05, 0) is 49.2 Å². The lowest BCUT2D eigenvalue weighted by atomic mass is 10.0. The first-order chi connectivity index (χ1) is 11.8. The number of hydrogen-bond acceptors (Lipinski definition) is 3. The molecule has 25 heavy (non-hydrogen) atoms. The predicted molar refractivity (Wildman–Crippen MR) is 96.2 cm³/mol. The van der Waals surface area contributed by atoms with E-state index in [1.54, 1.807) is 24.3 Å². The molecule has 2 rings (SSSR count). The number of carbonyl (C=O) groups excluding carboxylic acids is 3.